The van der Waals surface area contributed by atoms with Gasteiger partial charge in [0.05, 0.1) is 18.6 Å². The molecule has 1 aromatic heterocycles. The number of nitrogens with zero attached hydrogens (tertiary/aromatic N) is 2. The van der Waals surface area contributed by atoms with Crippen molar-refractivity contribution in [1.29, 1.82) is 0 Å². The SMILES string of the molecule is CCCNC1(CO)CCCC1CCn1cnc(C)c1C. The Kier molecular flexibility index (Phi) is 5.22. The number of aromatic nitrogens is 2. The first-order valence-electron chi connectivity index (χ1n) is 7.97. The lowest BCUT2D eigenvalue weighted by atomic mass is 9.85. The molecule has 0 amide bonds. The van der Waals surface area contributed by atoms with Gasteiger partial charge in [-0.3, -0.25) is 0 Å². The van der Waals surface area contributed by atoms with E-state index in [1.54, 1.807) is 0 Å². The monoisotopic (exact) mass is 279 g/mol. The van der Waals surface area contributed by atoms with Crippen LogP contribution in [0.5, 0.6) is 0 Å². The standard InChI is InChI=1S/C16H29N3O/c1-4-9-18-16(11-20)8-5-6-15(16)7-10-19-12-17-13(2)14(19)3/h12,15,18,20H,4-11H2,1-3H3. The Labute approximate surface area is 122 Å². The first-order valence-corrected chi connectivity index (χ1v) is 7.97. The maximum atomic E-state index is 9.89. The summed E-state index contributed by atoms with van der Waals surface area (Å²) in [5.74, 6) is 0.571. The van der Waals surface area contributed by atoms with Crippen molar-refractivity contribution < 1.29 is 5.11 Å². The van der Waals surface area contributed by atoms with Crippen molar-refractivity contribution in [1.82, 2.24) is 14.9 Å². The van der Waals surface area contributed by atoms with Crippen LogP contribution in [0.3, 0.4) is 0 Å². The van der Waals surface area contributed by atoms with E-state index in [1.165, 1.54) is 18.5 Å². The average molecular weight is 279 g/mol. The molecule has 0 bridgehead atoms. The molecule has 0 aromatic carbocycles. The number of hydrogen-bond donors (Lipinski definition) is 2. The highest BCUT2D eigenvalue weighted by Crippen LogP contribution is 2.38. The van der Waals surface area contributed by atoms with Crippen molar-refractivity contribution in [3.63, 3.8) is 0 Å². The third kappa shape index (κ3) is 3.07. The van der Waals surface area contributed by atoms with Crippen molar-refractivity contribution >= 4 is 0 Å². The summed E-state index contributed by atoms with van der Waals surface area (Å²) in [6.07, 6.45) is 7.74. The van der Waals surface area contributed by atoms with E-state index in [2.05, 4.69) is 35.6 Å². The quantitative estimate of drug-likeness (QED) is 0.806. The first kappa shape index (κ1) is 15.5. The minimum Gasteiger partial charge on any atom is -0.394 e. The van der Waals surface area contributed by atoms with Crippen LogP contribution >= 0.6 is 0 Å². The lowest BCUT2D eigenvalue weighted by Gasteiger charge is -2.35. The predicted molar refractivity (Wildman–Crippen MR) is 81.8 cm³/mol. The van der Waals surface area contributed by atoms with Crippen LogP contribution < -0.4 is 5.32 Å². The second-order valence-corrected chi connectivity index (χ2v) is 6.23. The van der Waals surface area contributed by atoms with Gasteiger partial charge in [-0.2, -0.15) is 0 Å². The van der Waals surface area contributed by atoms with Gasteiger partial charge in [0.15, 0.2) is 0 Å². The summed E-state index contributed by atoms with van der Waals surface area (Å²) in [5.41, 5.74) is 2.34. The number of hydrogen-bond acceptors (Lipinski definition) is 3. The Balaban J connectivity index is 1.98. The number of rotatable bonds is 7. The molecule has 0 spiro atoms. The molecular formula is C16H29N3O. The molecule has 1 aliphatic carbocycles. The molecule has 114 valence electrons. The fraction of sp³-hybridized carbons (Fsp3) is 0.812. The van der Waals surface area contributed by atoms with E-state index >= 15 is 0 Å². The van der Waals surface area contributed by atoms with Gasteiger partial charge < -0.3 is 15.0 Å². The molecule has 2 atom stereocenters. The van der Waals surface area contributed by atoms with Crippen molar-refractivity contribution in [2.75, 3.05) is 13.2 Å². The minimum absolute atomic E-state index is 0.0421. The molecule has 1 heterocycles. The summed E-state index contributed by atoms with van der Waals surface area (Å²) in [4.78, 5) is 4.37. The Morgan fingerprint density at radius 1 is 1.50 bits per heavy atom. The molecule has 1 fully saturated rings. The van der Waals surface area contributed by atoms with Crippen molar-refractivity contribution in [2.24, 2.45) is 5.92 Å². The molecule has 4 heteroatoms. The Morgan fingerprint density at radius 2 is 2.30 bits per heavy atom. The predicted octanol–water partition coefficient (Wildman–Crippen LogP) is 2.42. The van der Waals surface area contributed by atoms with Gasteiger partial charge in [0.2, 0.25) is 0 Å². The van der Waals surface area contributed by atoms with Crippen LogP contribution in [0.4, 0.5) is 0 Å². The smallest absolute Gasteiger partial charge is 0.0951 e. The van der Waals surface area contributed by atoms with E-state index in [0.29, 0.717) is 5.92 Å². The summed E-state index contributed by atoms with van der Waals surface area (Å²) in [6.45, 7) is 8.64. The molecule has 2 unspecified atom stereocenters. The Bertz CT molecular complexity index is 429. The van der Waals surface area contributed by atoms with E-state index in [0.717, 1.165) is 38.0 Å². The molecular weight excluding hydrogens is 250 g/mol. The van der Waals surface area contributed by atoms with Gasteiger partial charge in [-0.25, -0.2) is 4.98 Å². The molecule has 1 saturated carbocycles. The normalized spacial score (nSPS) is 26.3. The second kappa shape index (κ2) is 6.72. The lowest BCUT2D eigenvalue weighted by Crippen LogP contribution is -2.51. The molecule has 2 rings (SSSR count). The minimum atomic E-state index is -0.0421. The van der Waals surface area contributed by atoms with Crippen LogP contribution in [0.1, 0.15) is 50.4 Å². The highest BCUT2D eigenvalue weighted by Gasteiger charge is 2.41. The zero-order valence-electron chi connectivity index (χ0n) is 13.2. The third-order valence-electron chi connectivity index (χ3n) is 5.03. The van der Waals surface area contributed by atoms with Gasteiger partial charge in [0.25, 0.3) is 0 Å². The number of aryl methyl sites for hydroxylation is 2. The number of nitrogens with one attached hydrogen (secondary N) is 1. The van der Waals surface area contributed by atoms with E-state index in [9.17, 15) is 5.11 Å². The van der Waals surface area contributed by atoms with Gasteiger partial charge in [-0.05, 0) is 52.0 Å². The Morgan fingerprint density at radius 3 is 2.90 bits per heavy atom. The van der Waals surface area contributed by atoms with Crippen LogP contribution in [0.25, 0.3) is 0 Å². The second-order valence-electron chi connectivity index (χ2n) is 6.23. The van der Waals surface area contributed by atoms with Gasteiger partial charge >= 0.3 is 0 Å². The first-order chi connectivity index (χ1) is 9.63. The average Bonchev–Trinajstić information content (AvgIpc) is 3.00. The molecule has 0 radical (unpaired) electrons. The molecule has 1 aromatic rings. The van der Waals surface area contributed by atoms with Crippen LogP contribution in [0.15, 0.2) is 6.33 Å². The molecule has 2 N–H and O–H groups in total. The van der Waals surface area contributed by atoms with E-state index in [-0.39, 0.29) is 12.1 Å². The van der Waals surface area contributed by atoms with Gasteiger partial charge in [0.1, 0.15) is 0 Å². The summed E-state index contributed by atoms with van der Waals surface area (Å²) in [5, 5.41) is 13.5. The van der Waals surface area contributed by atoms with E-state index in [1.807, 2.05) is 6.33 Å². The fourth-order valence-electron chi connectivity index (χ4n) is 3.50. The van der Waals surface area contributed by atoms with Crippen molar-refractivity contribution in [3.05, 3.63) is 17.7 Å². The van der Waals surface area contributed by atoms with Gasteiger partial charge in [-0.15, -0.1) is 0 Å². The van der Waals surface area contributed by atoms with E-state index < -0.39 is 0 Å². The fourth-order valence-corrected chi connectivity index (χ4v) is 3.50. The van der Waals surface area contributed by atoms with Crippen LogP contribution in [0, 0.1) is 19.8 Å². The molecule has 1 aliphatic rings. The van der Waals surface area contributed by atoms with Gasteiger partial charge in [0, 0.05) is 17.8 Å². The van der Waals surface area contributed by atoms with Crippen LogP contribution in [-0.2, 0) is 6.54 Å². The summed E-state index contributed by atoms with van der Waals surface area (Å²) in [6, 6.07) is 0. The zero-order valence-corrected chi connectivity index (χ0v) is 13.2. The molecule has 4 nitrogen and oxygen atoms in total. The summed E-state index contributed by atoms with van der Waals surface area (Å²) in [7, 11) is 0. The maximum absolute atomic E-state index is 9.89. The zero-order chi connectivity index (χ0) is 14.6. The number of aliphatic hydroxyl groups is 1. The summed E-state index contributed by atoms with van der Waals surface area (Å²) < 4.78 is 2.25. The molecule has 0 saturated heterocycles. The van der Waals surface area contributed by atoms with Crippen molar-refractivity contribution in [2.45, 2.75) is 65.0 Å². The highest BCUT2D eigenvalue weighted by atomic mass is 16.3. The van der Waals surface area contributed by atoms with Crippen LogP contribution in [-0.4, -0.2) is 33.3 Å². The molecule has 0 aliphatic heterocycles. The number of imidazole rings is 1. The number of aliphatic hydroxyl groups excluding tert-OH is 1. The molecule has 20 heavy (non-hydrogen) atoms. The van der Waals surface area contributed by atoms with E-state index in [4.69, 9.17) is 0 Å². The lowest BCUT2D eigenvalue weighted by molar-refractivity contribution is 0.117. The van der Waals surface area contributed by atoms with Crippen LogP contribution in [0.2, 0.25) is 0 Å². The largest absolute Gasteiger partial charge is 0.394 e. The Hall–Kier alpha value is -0.870. The maximum Gasteiger partial charge on any atom is 0.0951 e. The summed E-state index contributed by atoms with van der Waals surface area (Å²) >= 11 is 0. The van der Waals surface area contributed by atoms with Gasteiger partial charge in [-0.1, -0.05) is 13.3 Å². The van der Waals surface area contributed by atoms with Crippen molar-refractivity contribution in [3.8, 4) is 0 Å². The highest BCUT2D eigenvalue weighted by molar-refractivity contribution is 5.08. The third-order valence-corrected chi connectivity index (χ3v) is 5.03. The topological polar surface area (TPSA) is 50.1 Å².